The summed E-state index contributed by atoms with van der Waals surface area (Å²) in [4.78, 5) is 13.5. The molecule has 0 N–H and O–H groups in total. The fourth-order valence-electron chi connectivity index (χ4n) is 1.57. The van der Waals surface area contributed by atoms with E-state index in [9.17, 15) is 4.79 Å². The summed E-state index contributed by atoms with van der Waals surface area (Å²) in [6, 6.07) is 0. The Kier molecular flexibility index (Phi) is 3.58. The monoisotopic (exact) mass is 243 g/mol. The SMILES string of the molecule is CCCC[C@H]1SCC(=O)N1c1nncs1. The van der Waals surface area contributed by atoms with Crippen molar-refractivity contribution in [2.24, 2.45) is 0 Å². The van der Waals surface area contributed by atoms with Gasteiger partial charge in [-0.2, -0.15) is 0 Å². The Morgan fingerprint density at radius 1 is 1.67 bits per heavy atom. The number of unbranched alkanes of at least 4 members (excludes halogenated alkanes) is 1. The molecule has 2 rings (SSSR count). The maximum atomic E-state index is 11.7. The van der Waals surface area contributed by atoms with Crippen LogP contribution in [0.2, 0.25) is 0 Å². The zero-order valence-electron chi connectivity index (χ0n) is 8.55. The number of hydrogen-bond acceptors (Lipinski definition) is 5. The van der Waals surface area contributed by atoms with Gasteiger partial charge in [0.2, 0.25) is 11.0 Å². The van der Waals surface area contributed by atoms with Gasteiger partial charge in [0, 0.05) is 0 Å². The lowest BCUT2D eigenvalue weighted by molar-refractivity contribution is -0.115. The molecule has 15 heavy (non-hydrogen) atoms. The Balaban J connectivity index is 2.08. The predicted molar refractivity (Wildman–Crippen MR) is 63.2 cm³/mol. The minimum Gasteiger partial charge on any atom is -0.273 e. The van der Waals surface area contributed by atoms with E-state index in [2.05, 4.69) is 17.1 Å². The summed E-state index contributed by atoms with van der Waals surface area (Å²) in [5, 5.41) is 8.76. The summed E-state index contributed by atoms with van der Waals surface area (Å²) >= 11 is 3.14. The van der Waals surface area contributed by atoms with Crippen LogP contribution < -0.4 is 4.90 Å². The number of rotatable bonds is 4. The zero-order chi connectivity index (χ0) is 10.7. The molecular formula is C9H13N3OS2. The van der Waals surface area contributed by atoms with Gasteiger partial charge in [0.1, 0.15) is 5.51 Å². The molecule has 0 aromatic carbocycles. The van der Waals surface area contributed by atoms with Gasteiger partial charge in [0.05, 0.1) is 11.1 Å². The van der Waals surface area contributed by atoms with Crippen LogP contribution in [0.5, 0.6) is 0 Å². The van der Waals surface area contributed by atoms with Gasteiger partial charge < -0.3 is 0 Å². The van der Waals surface area contributed by atoms with Crippen LogP contribution in [0.1, 0.15) is 26.2 Å². The van der Waals surface area contributed by atoms with Crippen molar-refractivity contribution in [3.05, 3.63) is 5.51 Å². The zero-order valence-corrected chi connectivity index (χ0v) is 10.2. The highest BCUT2D eigenvalue weighted by Crippen LogP contribution is 2.33. The highest BCUT2D eigenvalue weighted by molar-refractivity contribution is 8.01. The van der Waals surface area contributed by atoms with E-state index in [1.807, 2.05) is 0 Å². The highest BCUT2D eigenvalue weighted by Gasteiger charge is 2.33. The minimum atomic E-state index is 0.165. The third-order valence-corrected chi connectivity index (χ3v) is 4.25. The molecule has 4 nitrogen and oxygen atoms in total. The first-order valence-electron chi connectivity index (χ1n) is 5.02. The predicted octanol–water partition coefficient (Wildman–Crippen LogP) is 2.13. The van der Waals surface area contributed by atoms with E-state index in [0.29, 0.717) is 5.75 Å². The maximum Gasteiger partial charge on any atom is 0.239 e. The second kappa shape index (κ2) is 4.94. The molecule has 1 aromatic rings. The van der Waals surface area contributed by atoms with E-state index in [4.69, 9.17) is 0 Å². The van der Waals surface area contributed by atoms with Crippen molar-refractivity contribution in [3.63, 3.8) is 0 Å². The molecule has 0 aliphatic carbocycles. The van der Waals surface area contributed by atoms with Gasteiger partial charge in [0.25, 0.3) is 0 Å². The Hall–Kier alpha value is -0.620. The molecule has 0 saturated carbocycles. The van der Waals surface area contributed by atoms with Crippen molar-refractivity contribution >= 4 is 34.1 Å². The van der Waals surface area contributed by atoms with E-state index >= 15 is 0 Å². The Labute approximate surface area is 97.1 Å². The number of aromatic nitrogens is 2. The first-order chi connectivity index (χ1) is 7.33. The average Bonchev–Trinajstić information content (AvgIpc) is 2.84. The van der Waals surface area contributed by atoms with Gasteiger partial charge in [-0.3, -0.25) is 9.69 Å². The van der Waals surface area contributed by atoms with E-state index in [1.165, 1.54) is 11.3 Å². The fraction of sp³-hybridized carbons (Fsp3) is 0.667. The first kappa shape index (κ1) is 10.9. The lowest BCUT2D eigenvalue weighted by Gasteiger charge is -2.20. The number of nitrogens with zero attached hydrogens (tertiary/aromatic N) is 3. The average molecular weight is 243 g/mol. The van der Waals surface area contributed by atoms with Gasteiger partial charge >= 0.3 is 0 Å². The summed E-state index contributed by atoms with van der Waals surface area (Å²) in [5.41, 5.74) is 1.67. The van der Waals surface area contributed by atoms with Crippen molar-refractivity contribution in [1.82, 2.24) is 10.2 Å². The topological polar surface area (TPSA) is 46.1 Å². The summed E-state index contributed by atoms with van der Waals surface area (Å²) in [7, 11) is 0. The van der Waals surface area contributed by atoms with Gasteiger partial charge in [-0.25, -0.2) is 0 Å². The number of amides is 1. The van der Waals surface area contributed by atoms with Crippen LogP contribution >= 0.6 is 23.1 Å². The molecular weight excluding hydrogens is 230 g/mol. The molecule has 0 radical (unpaired) electrons. The van der Waals surface area contributed by atoms with E-state index < -0.39 is 0 Å². The van der Waals surface area contributed by atoms with E-state index in [-0.39, 0.29) is 11.3 Å². The summed E-state index contributed by atoms with van der Waals surface area (Å²) in [6.45, 7) is 2.16. The van der Waals surface area contributed by atoms with Crippen LogP contribution in [0, 0.1) is 0 Å². The summed E-state index contributed by atoms with van der Waals surface area (Å²) < 4.78 is 0. The number of thioether (sulfide) groups is 1. The molecule has 1 saturated heterocycles. The van der Waals surface area contributed by atoms with Crippen molar-refractivity contribution in [2.75, 3.05) is 10.7 Å². The van der Waals surface area contributed by atoms with Crippen molar-refractivity contribution in [3.8, 4) is 0 Å². The summed E-state index contributed by atoms with van der Waals surface area (Å²) in [5.74, 6) is 0.742. The van der Waals surface area contributed by atoms with E-state index in [0.717, 1.165) is 24.4 Å². The summed E-state index contributed by atoms with van der Waals surface area (Å²) in [6.07, 6.45) is 3.36. The Morgan fingerprint density at radius 3 is 3.20 bits per heavy atom. The van der Waals surface area contributed by atoms with Gasteiger partial charge in [0.15, 0.2) is 0 Å². The quantitative estimate of drug-likeness (QED) is 0.812. The van der Waals surface area contributed by atoms with Crippen LogP contribution in [0.4, 0.5) is 5.13 Å². The number of hydrogen-bond donors (Lipinski definition) is 0. The van der Waals surface area contributed by atoms with Crippen LogP contribution in [0.25, 0.3) is 0 Å². The van der Waals surface area contributed by atoms with E-state index in [1.54, 1.807) is 22.2 Å². The standard InChI is InChI=1S/C9H13N3OS2/c1-2-3-4-8-12(7(13)5-14-8)9-11-10-6-15-9/h6,8H,2-5H2,1H3/t8-/m1/s1. The molecule has 1 atom stereocenters. The lowest BCUT2D eigenvalue weighted by atomic mass is 10.2. The van der Waals surface area contributed by atoms with Crippen LogP contribution in [-0.4, -0.2) is 27.2 Å². The molecule has 1 aromatic heterocycles. The molecule has 6 heteroatoms. The third kappa shape index (κ3) is 2.31. The molecule has 0 bridgehead atoms. The van der Waals surface area contributed by atoms with Crippen molar-refractivity contribution in [1.29, 1.82) is 0 Å². The van der Waals surface area contributed by atoms with Crippen molar-refractivity contribution in [2.45, 2.75) is 31.6 Å². The molecule has 2 heterocycles. The smallest absolute Gasteiger partial charge is 0.239 e. The van der Waals surface area contributed by atoms with Gasteiger partial charge in [-0.05, 0) is 6.42 Å². The first-order valence-corrected chi connectivity index (χ1v) is 6.95. The second-order valence-corrected chi connectivity index (χ2v) is 5.37. The second-order valence-electron chi connectivity index (χ2n) is 3.39. The molecule has 1 amide bonds. The number of anilines is 1. The molecule has 1 fully saturated rings. The third-order valence-electron chi connectivity index (χ3n) is 2.32. The molecule has 0 unspecified atom stereocenters. The highest BCUT2D eigenvalue weighted by atomic mass is 32.2. The minimum absolute atomic E-state index is 0.165. The van der Waals surface area contributed by atoms with Crippen LogP contribution in [-0.2, 0) is 4.79 Å². The Morgan fingerprint density at radius 2 is 2.53 bits per heavy atom. The maximum absolute atomic E-state index is 11.7. The van der Waals surface area contributed by atoms with Gasteiger partial charge in [-0.1, -0.05) is 31.1 Å². The Bertz CT molecular complexity index is 328. The normalized spacial score (nSPS) is 21.3. The number of carbonyl (C=O) groups excluding carboxylic acids is 1. The largest absolute Gasteiger partial charge is 0.273 e. The number of carbonyl (C=O) groups is 1. The molecule has 1 aliphatic heterocycles. The van der Waals surface area contributed by atoms with Crippen LogP contribution in [0.15, 0.2) is 5.51 Å². The fourth-order valence-corrected chi connectivity index (χ4v) is 3.43. The van der Waals surface area contributed by atoms with Crippen molar-refractivity contribution < 1.29 is 4.79 Å². The molecule has 82 valence electrons. The molecule has 0 spiro atoms. The van der Waals surface area contributed by atoms with Crippen LogP contribution in [0.3, 0.4) is 0 Å². The lowest BCUT2D eigenvalue weighted by Crippen LogP contribution is -2.32. The van der Waals surface area contributed by atoms with Gasteiger partial charge in [-0.15, -0.1) is 22.0 Å². The molecule has 1 aliphatic rings.